The largest absolute Gasteiger partial charge is 0.423 e. The second-order valence-corrected chi connectivity index (χ2v) is 5.93. The molecule has 0 atom stereocenters. The first-order chi connectivity index (χ1) is 13.5. The number of hydrogen-bond acceptors (Lipinski definition) is 4. The number of aromatic nitrogens is 1. The first-order valence-corrected chi connectivity index (χ1v) is 8.50. The minimum absolute atomic E-state index is 0.112. The third kappa shape index (κ3) is 5.11. The Labute approximate surface area is 161 Å². The maximum atomic E-state index is 13.6. The van der Waals surface area contributed by atoms with Crippen molar-refractivity contribution in [2.24, 2.45) is 0 Å². The first-order valence-electron chi connectivity index (χ1n) is 8.50. The Bertz CT molecular complexity index is 1030. The molecule has 0 aliphatic carbocycles. The normalized spacial score (nSPS) is 10.6. The summed E-state index contributed by atoms with van der Waals surface area (Å²) in [6.07, 6.45) is 5.35. The average molecular weight is 376 g/mol. The second-order valence-electron chi connectivity index (χ2n) is 5.93. The van der Waals surface area contributed by atoms with Crippen LogP contribution >= 0.6 is 0 Å². The average Bonchev–Trinajstić information content (AvgIpc) is 2.67. The summed E-state index contributed by atoms with van der Waals surface area (Å²) in [6.45, 7) is 1.42. The van der Waals surface area contributed by atoms with Gasteiger partial charge < -0.3 is 10.1 Å². The quantitative estimate of drug-likeness (QED) is 0.523. The summed E-state index contributed by atoms with van der Waals surface area (Å²) in [5.74, 6) is -0.756. The molecule has 3 aromatic rings. The molecule has 0 aliphatic heterocycles. The highest BCUT2D eigenvalue weighted by molar-refractivity contribution is 5.91. The van der Waals surface area contributed by atoms with Crippen molar-refractivity contribution in [1.29, 1.82) is 0 Å². The molecule has 1 N–H and O–H groups in total. The van der Waals surface area contributed by atoms with Gasteiger partial charge in [-0.2, -0.15) is 0 Å². The van der Waals surface area contributed by atoms with Gasteiger partial charge >= 0.3 is 5.97 Å². The maximum absolute atomic E-state index is 13.6. The van der Waals surface area contributed by atoms with E-state index in [4.69, 9.17) is 4.74 Å². The summed E-state index contributed by atoms with van der Waals surface area (Å²) in [4.78, 5) is 27.2. The van der Waals surface area contributed by atoms with E-state index in [-0.39, 0.29) is 11.5 Å². The minimum atomic E-state index is -0.747. The fourth-order valence-electron chi connectivity index (χ4n) is 2.43. The standard InChI is InChI=1S/C22H17FN2O3/c1-15(26)25-21-14-17(12-13-24-21)7-6-16-8-10-18(11-9-16)28-22(27)19-4-2-3-5-20(19)23/h2-14H,1H3,(H,24,25,26)/b7-6+. The molecule has 2 aromatic carbocycles. The van der Waals surface area contributed by atoms with Gasteiger partial charge in [-0.15, -0.1) is 0 Å². The molecule has 0 unspecified atom stereocenters. The van der Waals surface area contributed by atoms with Crippen LogP contribution in [0.3, 0.4) is 0 Å². The summed E-state index contributed by atoms with van der Waals surface area (Å²) in [6, 6.07) is 16.0. The first kappa shape index (κ1) is 19.0. The monoisotopic (exact) mass is 376 g/mol. The molecule has 1 aromatic heterocycles. The highest BCUT2D eigenvalue weighted by Gasteiger charge is 2.13. The zero-order chi connectivity index (χ0) is 19.9. The van der Waals surface area contributed by atoms with Crippen molar-refractivity contribution >= 4 is 29.8 Å². The second kappa shape index (κ2) is 8.73. The van der Waals surface area contributed by atoms with Crippen molar-refractivity contribution in [1.82, 2.24) is 4.98 Å². The number of nitrogens with zero attached hydrogens (tertiary/aromatic N) is 1. The summed E-state index contributed by atoms with van der Waals surface area (Å²) >= 11 is 0. The van der Waals surface area contributed by atoms with Crippen molar-refractivity contribution < 1.29 is 18.7 Å². The molecule has 3 rings (SSSR count). The molecule has 140 valence electrons. The minimum Gasteiger partial charge on any atom is -0.423 e. The zero-order valence-electron chi connectivity index (χ0n) is 15.1. The van der Waals surface area contributed by atoms with Gasteiger partial charge in [-0.3, -0.25) is 4.79 Å². The van der Waals surface area contributed by atoms with Crippen molar-refractivity contribution in [3.05, 3.63) is 89.4 Å². The van der Waals surface area contributed by atoms with Gasteiger partial charge in [0.25, 0.3) is 0 Å². The van der Waals surface area contributed by atoms with E-state index >= 15 is 0 Å². The number of carbonyl (C=O) groups is 2. The van der Waals surface area contributed by atoms with E-state index in [9.17, 15) is 14.0 Å². The molecule has 5 nitrogen and oxygen atoms in total. The van der Waals surface area contributed by atoms with Gasteiger partial charge in [0.2, 0.25) is 5.91 Å². The Morgan fingerprint density at radius 2 is 1.71 bits per heavy atom. The van der Waals surface area contributed by atoms with E-state index in [0.29, 0.717) is 11.6 Å². The number of benzene rings is 2. The van der Waals surface area contributed by atoms with Crippen LogP contribution in [-0.2, 0) is 4.79 Å². The van der Waals surface area contributed by atoms with Crippen LogP contribution in [0.15, 0.2) is 66.9 Å². The van der Waals surface area contributed by atoms with Crippen LogP contribution in [0.25, 0.3) is 12.2 Å². The molecule has 0 fully saturated rings. The predicted molar refractivity (Wildman–Crippen MR) is 105 cm³/mol. The Morgan fingerprint density at radius 1 is 1.00 bits per heavy atom. The third-order valence-electron chi connectivity index (χ3n) is 3.74. The van der Waals surface area contributed by atoms with E-state index in [2.05, 4.69) is 10.3 Å². The number of pyridine rings is 1. The SMILES string of the molecule is CC(=O)Nc1cc(/C=C/c2ccc(OC(=O)c3ccccc3F)cc2)ccn1. The highest BCUT2D eigenvalue weighted by Crippen LogP contribution is 2.17. The lowest BCUT2D eigenvalue weighted by Gasteiger charge is -2.05. The number of anilines is 1. The van der Waals surface area contributed by atoms with Crippen molar-refractivity contribution in [2.75, 3.05) is 5.32 Å². The van der Waals surface area contributed by atoms with Gasteiger partial charge in [0.05, 0.1) is 5.56 Å². The fraction of sp³-hybridized carbons (Fsp3) is 0.0455. The van der Waals surface area contributed by atoms with E-state index in [0.717, 1.165) is 11.1 Å². The molecule has 6 heteroatoms. The van der Waals surface area contributed by atoms with Crippen molar-refractivity contribution in [3.8, 4) is 5.75 Å². The summed E-state index contributed by atoms with van der Waals surface area (Å²) in [7, 11) is 0. The van der Waals surface area contributed by atoms with Crippen LogP contribution in [0.4, 0.5) is 10.2 Å². The Kier molecular flexibility index (Phi) is 5.91. The van der Waals surface area contributed by atoms with Gasteiger partial charge in [-0.1, -0.05) is 36.4 Å². The van der Waals surface area contributed by atoms with E-state index in [1.165, 1.54) is 25.1 Å². The predicted octanol–water partition coefficient (Wildman–Crippen LogP) is 4.57. The van der Waals surface area contributed by atoms with Gasteiger partial charge in [0, 0.05) is 13.1 Å². The van der Waals surface area contributed by atoms with Crippen molar-refractivity contribution in [3.63, 3.8) is 0 Å². The van der Waals surface area contributed by atoms with Gasteiger partial charge in [-0.05, 0) is 47.5 Å². The number of halogens is 1. The maximum Gasteiger partial charge on any atom is 0.346 e. The summed E-state index contributed by atoms with van der Waals surface area (Å²) in [5.41, 5.74) is 1.64. The lowest BCUT2D eigenvalue weighted by Crippen LogP contribution is -2.10. The number of ether oxygens (including phenoxy) is 1. The molecule has 28 heavy (non-hydrogen) atoms. The van der Waals surface area contributed by atoms with Crippen molar-refractivity contribution in [2.45, 2.75) is 6.92 Å². The smallest absolute Gasteiger partial charge is 0.346 e. The fourth-order valence-corrected chi connectivity index (χ4v) is 2.43. The summed E-state index contributed by atoms with van der Waals surface area (Å²) < 4.78 is 18.8. The Balaban J connectivity index is 1.66. The number of hydrogen-bond donors (Lipinski definition) is 1. The molecular weight excluding hydrogens is 359 g/mol. The lowest BCUT2D eigenvalue weighted by atomic mass is 10.1. The van der Waals surface area contributed by atoms with Gasteiger partial charge in [-0.25, -0.2) is 14.2 Å². The van der Waals surface area contributed by atoms with E-state index in [1.807, 2.05) is 18.2 Å². The van der Waals surface area contributed by atoms with Crippen LogP contribution in [0.5, 0.6) is 5.75 Å². The Hall–Kier alpha value is -3.80. The summed E-state index contributed by atoms with van der Waals surface area (Å²) in [5, 5.41) is 2.63. The number of carbonyl (C=O) groups excluding carboxylic acids is 2. The molecular formula is C22H17FN2O3. The number of esters is 1. The van der Waals surface area contributed by atoms with E-state index in [1.54, 1.807) is 42.6 Å². The van der Waals surface area contributed by atoms with Gasteiger partial charge in [0.1, 0.15) is 17.4 Å². The number of amides is 1. The number of rotatable bonds is 5. The molecule has 1 heterocycles. The molecule has 0 bridgehead atoms. The highest BCUT2D eigenvalue weighted by atomic mass is 19.1. The molecule has 0 aliphatic rings. The lowest BCUT2D eigenvalue weighted by molar-refractivity contribution is -0.114. The Morgan fingerprint density at radius 3 is 2.43 bits per heavy atom. The van der Waals surface area contributed by atoms with Crippen LogP contribution in [0.2, 0.25) is 0 Å². The van der Waals surface area contributed by atoms with Crippen LogP contribution in [0.1, 0.15) is 28.4 Å². The van der Waals surface area contributed by atoms with E-state index < -0.39 is 11.8 Å². The number of nitrogens with one attached hydrogen (secondary N) is 1. The van der Waals surface area contributed by atoms with Crippen LogP contribution in [0, 0.1) is 5.82 Å². The molecule has 0 radical (unpaired) electrons. The molecule has 1 amide bonds. The zero-order valence-corrected chi connectivity index (χ0v) is 15.1. The topological polar surface area (TPSA) is 68.3 Å². The molecule has 0 saturated heterocycles. The van der Waals surface area contributed by atoms with Crippen LogP contribution in [-0.4, -0.2) is 16.9 Å². The molecule has 0 spiro atoms. The van der Waals surface area contributed by atoms with Gasteiger partial charge in [0.15, 0.2) is 0 Å². The molecule has 0 saturated carbocycles. The third-order valence-corrected chi connectivity index (χ3v) is 3.74. The van der Waals surface area contributed by atoms with Crippen LogP contribution < -0.4 is 10.1 Å².